The van der Waals surface area contributed by atoms with Crippen LogP contribution in [0.1, 0.15) is 10.6 Å². The molecule has 0 unspecified atom stereocenters. The van der Waals surface area contributed by atoms with E-state index in [1.54, 1.807) is 0 Å². The normalized spacial score (nSPS) is 10.4. The van der Waals surface area contributed by atoms with Gasteiger partial charge in [0.25, 0.3) is 0 Å². The Balaban J connectivity index is 2.58. The first-order valence-electron chi connectivity index (χ1n) is 5.17. The van der Waals surface area contributed by atoms with Crippen molar-refractivity contribution >= 4 is 27.6 Å². The molecule has 94 valence electrons. The molecular weight excluding hydrogens is 300 g/mol. The van der Waals surface area contributed by atoms with Gasteiger partial charge >= 0.3 is 5.97 Å². The summed E-state index contributed by atoms with van der Waals surface area (Å²) >= 11 is 3.44. The second kappa shape index (κ2) is 4.81. The SMILES string of the molecule is CN(C)c1cccc(Br)c1-c1cc(C(=O)O)on1. The number of rotatable bonds is 3. The lowest BCUT2D eigenvalue weighted by molar-refractivity contribution is 0.0652. The Hall–Kier alpha value is -1.82. The number of halogens is 1. The van der Waals surface area contributed by atoms with Gasteiger partial charge in [-0.25, -0.2) is 4.79 Å². The molecule has 2 rings (SSSR count). The van der Waals surface area contributed by atoms with E-state index in [1.165, 1.54) is 6.07 Å². The fourth-order valence-corrected chi connectivity index (χ4v) is 2.19. The van der Waals surface area contributed by atoms with Crippen molar-refractivity contribution < 1.29 is 14.4 Å². The maximum atomic E-state index is 10.8. The Morgan fingerprint density at radius 3 is 2.72 bits per heavy atom. The number of aromatic nitrogens is 1. The predicted octanol–water partition coefficient (Wildman–Crippen LogP) is 2.87. The smallest absolute Gasteiger partial charge is 0.374 e. The largest absolute Gasteiger partial charge is 0.475 e. The molecule has 0 atom stereocenters. The van der Waals surface area contributed by atoms with Crippen LogP contribution in [0.4, 0.5) is 5.69 Å². The maximum absolute atomic E-state index is 10.8. The molecule has 0 amide bonds. The number of hydrogen-bond acceptors (Lipinski definition) is 4. The molecule has 6 heteroatoms. The highest BCUT2D eigenvalue weighted by atomic mass is 79.9. The molecule has 1 heterocycles. The Labute approximate surface area is 112 Å². The first-order valence-corrected chi connectivity index (χ1v) is 5.96. The molecule has 1 aromatic carbocycles. The summed E-state index contributed by atoms with van der Waals surface area (Å²) in [5.74, 6) is -1.31. The van der Waals surface area contributed by atoms with Gasteiger partial charge in [0, 0.05) is 35.9 Å². The zero-order chi connectivity index (χ0) is 13.3. The van der Waals surface area contributed by atoms with E-state index in [9.17, 15) is 4.79 Å². The van der Waals surface area contributed by atoms with Crippen molar-refractivity contribution in [1.82, 2.24) is 5.16 Å². The zero-order valence-electron chi connectivity index (χ0n) is 9.85. The summed E-state index contributed by atoms with van der Waals surface area (Å²) < 4.78 is 5.61. The Bertz CT molecular complexity index is 593. The molecule has 18 heavy (non-hydrogen) atoms. The molecule has 0 aliphatic heterocycles. The number of benzene rings is 1. The van der Waals surface area contributed by atoms with Crippen molar-refractivity contribution in [3.05, 3.63) is 34.5 Å². The molecule has 0 aliphatic carbocycles. The van der Waals surface area contributed by atoms with Crippen LogP contribution in [0.15, 0.2) is 33.3 Å². The minimum absolute atomic E-state index is 0.176. The van der Waals surface area contributed by atoms with E-state index in [4.69, 9.17) is 9.63 Å². The van der Waals surface area contributed by atoms with Gasteiger partial charge in [0.1, 0.15) is 5.69 Å². The summed E-state index contributed by atoms with van der Waals surface area (Å²) in [6, 6.07) is 7.11. The van der Waals surface area contributed by atoms with Gasteiger partial charge in [-0.3, -0.25) is 0 Å². The first kappa shape index (κ1) is 12.6. The van der Waals surface area contributed by atoms with Gasteiger partial charge < -0.3 is 14.5 Å². The number of aromatic carboxylic acids is 1. The van der Waals surface area contributed by atoms with Gasteiger partial charge in [-0.1, -0.05) is 27.2 Å². The zero-order valence-corrected chi connectivity index (χ0v) is 11.4. The molecule has 0 radical (unpaired) electrons. The highest BCUT2D eigenvalue weighted by Gasteiger charge is 2.17. The van der Waals surface area contributed by atoms with Crippen LogP contribution in [0.3, 0.4) is 0 Å². The fraction of sp³-hybridized carbons (Fsp3) is 0.167. The topological polar surface area (TPSA) is 66.6 Å². The molecule has 0 spiro atoms. The van der Waals surface area contributed by atoms with Crippen LogP contribution >= 0.6 is 15.9 Å². The number of nitrogens with zero attached hydrogens (tertiary/aromatic N) is 2. The summed E-state index contributed by atoms with van der Waals surface area (Å²) in [7, 11) is 3.81. The monoisotopic (exact) mass is 310 g/mol. The number of hydrogen-bond donors (Lipinski definition) is 1. The van der Waals surface area contributed by atoms with Crippen LogP contribution in [0, 0.1) is 0 Å². The number of carbonyl (C=O) groups is 1. The van der Waals surface area contributed by atoms with Crippen molar-refractivity contribution in [2.45, 2.75) is 0 Å². The highest BCUT2D eigenvalue weighted by Crippen LogP contribution is 2.35. The van der Waals surface area contributed by atoms with Gasteiger partial charge in [-0.05, 0) is 12.1 Å². The fourth-order valence-electron chi connectivity index (χ4n) is 1.63. The van der Waals surface area contributed by atoms with Crippen LogP contribution in [0.5, 0.6) is 0 Å². The Morgan fingerprint density at radius 1 is 1.44 bits per heavy atom. The molecule has 5 nitrogen and oxygen atoms in total. The van der Waals surface area contributed by atoms with Crippen molar-refractivity contribution in [2.24, 2.45) is 0 Å². The lowest BCUT2D eigenvalue weighted by Gasteiger charge is -2.17. The Morgan fingerprint density at radius 2 is 2.17 bits per heavy atom. The molecule has 0 saturated heterocycles. The highest BCUT2D eigenvalue weighted by molar-refractivity contribution is 9.10. The van der Waals surface area contributed by atoms with Gasteiger partial charge in [0.05, 0.1) is 0 Å². The third kappa shape index (κ3) is 2.24. The average molecular weight is 311 g/mol. The van der Waals surface area contributed by atoms with Crippen molar-refractivity contribution in [3.63, 3.8) is 0 Å². The summed E-state index contributed by atoms with van der Waals surface area (Å²) in [5.41, 5.74) is 2.22. The van der Waals surface area contributed by atoms with E-state index in [0.29, 0.717) is 5.69 Å². The van der Waals surface area contributed by atoms with Gasteiger partial charge in [0.2, 0.25) is 5.76 Å². The molecular formula is C12H11BrN2O3. The van der Waals surface area contributed by atoms with E-state index >= 15 is 0 Å². The number of anilines is 1. The van der Waals surface area contributed by atoms with Crippen molar-refractivity contribution in [1.29, 1.82) is 0 Å². The Kier molecular flexibility index (Phi) is 3.38. The molecule has 0 saturated carbocycles. The van der Waals surface area contributed by atoms with Crippen LogP contribution in [-0.2, 0) is 0 Å². The van der Waals surface area contributed by atoms with Crippen molar-refractivity contribution in [2.75, 3.05) is 19.0 Å². The van der Waals surface area contributed by atoms with Gasteiger partial charge in [-0.15, -0.1) is 0 Å². The summed E-state index contributed by atoms with van der Waals surface area (Å²) in [6.07, 6.45) is 0. The maximum Gasteiger partial charge on any atom is 0.374 e. The average Bonchev–Trinajstić information content (AvgIpc) is 2.77. The van der Waals surface area contributed by atoms with E-state index in [1.807, 2.05) is 37.2 Å². The number of carboxylic acids is 1. The summed E-state index contributed by atoms with van der Waals surface area (Å²) in [6.45, 7) is 0. The van der Waals surface area contributed by atoms with Crippen molar-refractivity contribution in [3.8, 4) is 11.3 Å². The summed E-state index contributed by atoms with van der Waals surface area (Å²) in [4.78, 5) is 12.7. The van der Waals surface area contributed by atoms with Gasteiger partial charge in [-0.2, -0.15) is 0 Å². The first-order chi connectivity index (χ1) is 8.50. The molecule has 0 fully saturated rings. The minimum Gasteiger partial charge on any atom is -0.475 e. The molecule has 2 aromatic rings. The third-order valence-corrected chi connectivity index (χ3v) is 3.11. The van der Waals surface area contributed by atoms with Gasteiger partial charge in [0.15, 0.2) is 0 Å². The van der Waals surface area contributed by atoms with Crippen LogP contribution in [0.2, 0.25) is 0 Å². The van der Waals surface area contributed by atoms with E-state index < -0.39 is 5.97 Å². The number of carboxylic acid groups (broad SMARTS) is 1. The van der Waals surface area contributed by atoms with Crippen LogP contribution < -0.4 is 4.90 Å². The molecule has 0 aliphatic rings. The van der Waals surface area contributed by atoms with E-state index in [-0.39, 0.29) is 5.76 Å². The summed E-state index contributed by atoms with van der Waals surface area (Å²) in [5, 5.41) is 12.6. The van der Waals surface area contributed by atoms with Crippen LogP contribution in [0.25, 0.3) is 11.3 Å². The standard InChI is InChI=1S/C12H11BrN2O3/c1-15(2)9-5-3-4-7(13)11(9)8-6-10(12(16)17)18-14-8/h3-6H,1-2H3,(H,16,17). The minimum atomic E-state index is -1.13. The molecule has 0 bridgehead atoms. The third-order valence-electron chi connectivity index (χ3n) is 2.45. The quantitative estimate of drug-likeness (QED) is 0.944. The molecule has 1 aromatic heterocycles. The lowest BCUT2D eigenvalue weighted by atomic mass is 10.1. The van der Waals surface area contributed by atoms with E-state index in [0.717, 1.165) is 15.7 Å². The molecule has 1 N–H and O–H groups in total. The predicted molar refractivity (Wildman–Crippen MR) is 70.9 cm³/mol. The van der Waals surface area contributed by atoms with E-state index in [2.05, 4.69) is 21.1 Å². The van der Waals surface area contributed by atoms with Crippen LogP contribution in [-0.4, -0.2) is 30.3 Å². The second-order valence-electron chi connectivity index (χ2n) is 3.91. The lowest BCUT2D eigenvalue weighted by Crippen LogP contribution is -2.10. The second-order valence-corrected chi connectivity index (χ2v) is 4.76.